The number of urea groups is 1. The molecule has 1 N–H and O–H groups in total. The van der Waals surface area contributed by atoms with Crippen molar-refractivity contribution < 1.29 is 9.59 Å². The van der Waals surface area contributed by atoms with Gasteiger partial charge in [-0.05, 0) is 36.6 Å². The molecular formula is C17H24N2O2. The number of carbonyl (C=O) groups excluding carboxylic acids is 2. The highest BCUT2D eigenvalue weighted by Crippen LogP contribution is 2.26. The third-order valence-corrected chi connectivity index (χ3v) is 4.03. The highest BCUT2D eigenvalue weighted by molar-refractivity contribution is 5.99. The molecule has 0 aliphatic carbocycles. The molecule has 4 heteroatoms. The largest absolute Gasteiger partial charge is 0.323 e. The highest BCUT2D eigenvalue weighted by Gasteiger charge is 2.23. The minimum atomic E-state index is -0.101. The van der Waals surface area contributed by atoms with Crippen LogP contribution in [0.3, 0.4) is 0 Å². The summed E-state index contributed by atoms with van der Waals surface area (Å²) in [5.74, 6) is 0.356. The summed E-state index contributed by atoms with van der Waals surface area (Å²) < 4.78 is 0. The summed E-state index contributed by atoms with van der Waals surface area (Å²) in [6, 6.07) is 5.52. The Kier molecular flexibility index (Phi) is 4.99. The van der Waals surface area contributed by atoms with Crippen LogP contribution >= 0.6 is 0 Å². The van der Waals surface area contributed by atoms with Crippen LogP contribution in [-0.2, 0) is 6.54 Å². The number of nitrogens with one attached hydrogen (secondary N) is 1. The van der Waals surface area contributed by atoms with Crippen LogP contribution in [0, 0.1) is 5.92 Å². The van der Waals surface area contributed by atoms with Crippen molar-refractivity contribution in [3.05, 3.63) is 29.3 Å². The fraction of sp³-hybridized carbons (Fsp3) is 0.529. The molecule has 0 atom stereocenters. The van der Waals surface area contributed by atoms with Crippen molar-refractivity contribution in [1.82, 2.24) is 4.90 Å². The second kappa shape index (κ2) is 6.74. The summed E-state index contributed by atoms with van der Waals surface area (Å²) in [7, 11) is 1.75. The average molecular weight is 288 g/mol. The summed E-state index contributed by atoms with van der Waals surface area (Å²) in [5, 5.41) is 2.83. The number of benzene rings is 1. The molecule has 2 rings (SSSR count). The van der Waals surface area contributed by atoms with Crippen molar-refractivity contribution in [3.63, 3.8) is 0 Å². The molecule has 0 bridgehead atoms. The summed E-state index contributed by atoms with van der Waals surface area (Å²) in [6.07, 6.45) is 3.95. The minimum absolute atomic E-state index is 0.101. The molecule has 0 spiro atoms. The van der Waals surface area contributed by atoms with Gasteiger partial charge >= 0.3 is 6.03 Å². The van der Waals surface area contributed by atoms with Gasteiger partial charge < -0.3 is 10.2 Å². The van der Waals surface area contributed by atoms with Crippen LogP contribution in [0.1, 0.15) is 55.5 Å². The van der Waals surface area contributed by atoms with Gasteiger partial charge in [-0.2, -0.15) is 0 Å². The summed E-state index contributed by atoms with van der Waals surface area (Å²) in [6.45, 7) is 4.79. The van der Waals surface area contributed by atoms with Gasteiger partial charge in [-0.25, -0.2) is 4.79 Å². The van der Waals surface area contributed by atoms with Gasteiger partial charge in [0.15, 0.2) is 5.78 Å². The number of hydrogen-bond acceptors (Lipinski definition) is 2. The van der Waals surface area contributed by atoms with Crippen LogP contribution in [0.5, 0.6) is 0 Å². The van der Waals surface area contributed by atoms with E-state index in [1.165, 1.54) is 0 Å². The van der Waals surface area contributed by atoms with E-state index < -0.39 is 0 Å². The molecule has 1 heterocycles. The zero-order valence-electron chi connectivity index (χ0n) is 13.1. The molecule has 0 saturated heterocycles. The topological polar surface area (TPSA) is 49.4 Å². The standard InChI is InChI=1S/C17H24N2O2/c1-4-6-12(7-5-2)16(20)13-8-9-15-14(10-13)11-19(3)17(21)18-15/h8-10,12H,4-7,11H2,1-3H3,(H,18,21). The van der Waals surface area contributed by atoms with Crippen LogP contribution in [0.4, 0.5) is 10.5 Å². The van der Waals surface area contributed by atoms with Crippen LogP contribution < -0.4 is 5.32 Å². The number of Topliss-reactive ketones (excluding diaryl/α,β-unsaturated/α-hetero) is 1. The Morgan fingerprint density at radius 3 is 2.57 bits per heavy atom. The van der Waals surface area contributed by atoms with Gasteiger partial charge in [0.05, 0.1) is 0 Å². The molecule has 0 fully saturated rings. The number of amides is 2. The van der Waals surface area contributed by atoms with Gasteiger partial charge in [-0.15, -0.1) is 0 Å². The molecular weight excluding hydrogens is 264 g/mol. The van der Waals surface area contributed by atoms with Gasteiger partial charge in [0.2, 0.25) is 0 Å². The molecule has 21 heavy (non-hydrogen) atoms. The van der Waals surface area contributed by atoms with Gasteiger partial charge in [-0.3, -0.25) is 4.79 Å². The summed E-state index contributed by atoms with van der Waals surface area (Å²) in [4.78, 5) is 25.9. The lowest BCUT2D eigenvalue weighted by Gasteiger charge is -2.26. The SMILES string of the molecule is CCCC(CCC)C(=O)c1ccc2c(c1)CN(C)C(=O)N2. The van der Waals surface area contributed by atoms with Crippen LogP contribution in [-0.4, -0.2) is 23.8 Å². The van der Waals surface area contributed by atoms with Gasteiger partial charge in [0, 0.05) is 30.8 Å². The van der Waals surface area contributed by atoms with Crippen molar-refractivity contribution in [2.24, 2.45) is 5.92 Å². The zero-order valence-corrected chi connectivity index (χ0v) is 13.1. The number of nitrogens with zero attached hydrogens (tertiary/aromatic N) is 1. The Bertz CT molecular complexity index is 534. The Balaban J connectivity index is 2.23. The first-order valence-corrected chi connectivity index (χ1v) is 7.76. The Labute approximate surface area is 126 Å². The molecule has 0 unspecified atom stereocenters. The molecule has 1 aliphatic heterocycles. The van der Waals surface area contributed by atoms with E-state index >= 15 is 0 Å². The Morgan fingerprint density at radius 1 is 1.29 bits per heavy atom. The van der Waals surface area contributed by atoms with E-state index in [2.05, 4.69) is 19.2 Å². The molecule has 0 radical (unpaired) electrons. The molecule has 2 amide bonds. The maximum absolute atomic E-state index is 12.7. The van der Waals surface area contributed by atoms with E-state index in [1.54, 1.807) is 11.9 Å². The molecule has 0 aromatic heterocycles. The van der Waals surface area contributed by atoms with E-state index in [4.69, 9.17) is 0 Å². The van der Waals surface area contributed by atoms with Gasteiger partial charge in [-0.1, -0.05) is 26.7 Å². The summed E-state index contributed by atoms with van der Waals surface area (Å²) in [5.41, 5.74) is 2.59. The second-order valence-corrected chi connectivity index (χ2v) is 5.80. The van der Waals surface area contributed by atoms with Crippen molar-refractivity contribution >= 4 is 17.5 Å². The maximum Gasteiger partial charge on any atom is 0.321 e. The molecule has 4 nitrogen and oxygen atoms in total. The quantitative estimate of drug-likeness (QED) is 0.802. The first-order valence-electron chi connectivity index (χ1n) is 7.76. The Morgan fingerprint density at radius 2 is 1.95 bits per heavy atom. The molecule has 114 valence electrons. The zero-order chi connectivity index (χ0) is 15.4. The van der Waals surface area contributed by atoms with E-state index in [-0.39, 0.29) is 17.7 Å². The van der Waals surface area contributed by atoms with E-state index in [0.717, 1.165) is 42.5 Å². The first-order chi connectivity index (χ1) is 10.1. The molecule has 1 aromatic rings. The summed E-state index contributed by atoms with van der Waals surface area (Å²) >= 11 is 0. The third kappa shape index (κ3) is 3.43. The van der Waals surface area contributed by atoms with E-state index in [1.807, 2.05) is 18.2 Å². The van der Waals surface area contributed by atoms with Crippen molar-refractivity contribution in [2.75, 3.05) is 12.4 Å². The normalized spacial score (nSPS) is 14.1. The van der Waals surface area contributed by atoms with Crippen LogP contribution in [0.15, 0.2) is 18.2 Å². The lowest BCUT2D eigenvalue weighted by molar-refractivity contribution is 0.0905. The fourth-order valence-electron chi connectivity index (χ4n) is 2.88. The number of ketones is 1. The van der Waals surface area contributed by atoms with E-state index in [0.29, 0.717) is 6.54 Å². The highest BCUT2D eigenvalue weighted by atomic mass is 16.2. The van der Waals surface area contributed by atoms with Gasteiger partial charge in [0.25, 0.3) is 0 Å². The van der Waals surface area contributed by atoms with Crippen molar-refractivity contribution in [2.45, 2.75) is 46.1 Å². The average Bonchev–Trinajstić information content (AvgIpc) is 2.47. The van der Waals surface area contributed by atoms with Crippen LogP contribution in [0.2, 0.25) is 0 Å². The monoisotopic (exact) mass is 288 g/mol. The smallest absolute Gasteiger partial charge is 0.321 e. The lowest BCUT2D eigenvalue weighted by Crippen LogP contribution is -2.35. The first kappa shape index (κ1) is 15.5. The molecule has 1 aliphatic rings. The number of fused-ring (bicyclic) bond motifs is 1. The fourth-order valence-corrected chi connectivity index (χ4v) is 2.88. The van der Waals surface area contributed by atoms with E-state index in [9.17, 15) is 9.59 Å². The number of rotatable bonds is 6. The Hall–Kier alpha value is -1.84. The number of carbonyl (C=O) groups is 2. The predicted octanol–water partition coefficient (Wildman–Crippen LogP) is 4.06. The minimum Gasteiger partial charge on any atom is -0.323 e. The lowest BCUT2D eigenvalue weighted by atomic mass is 9.89. The predicted molar refractivity (Wildman–Crippen MR) is 84.6 cm³/mol. The third-order valence-electron chi connectivity index (χ3n) is 4.03. The van der Waals surface area contributed by atoms with Crippen molar-refractivity contribution in [3.8, 4) is 0 Å². The maximum atomic E-state index is 12.7. The second-order valence-electron chi connectivity index (χ2n) is 5.80. The van der Waals surface area contributed by atoms with Crippen molar-refractivity contribution in [1.29, 1.82) is 0 Å². The molecule has 1 aromatic carbocycles. The van der Waals surface area contributed by atoms with Gasteiger partial charge in [0.1, 0.15) is 0 Å². The number of anilines is 1. The van der Waals surface area contributed by atoms with Crippen LogP contribution in [0.25, 0.3) is 0 Å². The number of hydrogen-bond donors (Lipinski definition) is 1. The molecule has 0 saturated carbocycles.